The molecule has 8 nitrogen and oxygen atoms in total. The van der Waals surface area contributed by atoms with E-state index in [1.54, 1.807) is 0 Å². The van der Waals surface area contributed by atoms with Gasteiger partial charge in [0.2, 0.25) is 0 Å². The fourth-order valence-corrected chi connectivity index (χ4v) is 6.26. The third-order valence-corrected chi connectivity index (χ3v) is 9.51. The molecule has 0 aromatic carbocycles. The van der Waals surface area contributed by atoms with Crippen molar-refractivity contribution < 1.29 is 32.8 Å². The predicted octanol–water partition coefficient (Wildman–Crippen LogP) is 11.9. The van der Waals surface area contributed by atoms with Crippen molar-refractivity contribution in [2.24, 2.45) is 5.73 Å². The maximum absolute atomic E-state index is 12.5. The Morgan fingerprint density at radius 2 is 1.06 bits per heavy atom. The first-order valence-electron chi connectivity index (χ1n) is 20.5. The fourth-order valence-electron chi connectivity index (χ4n) is 5.49. The number of carbonyl (C=O) groups excluding carboxylic acids is 1. The highest BCUT2D eigenvalue weighted by Crippen LogP contribution is 2.43. The molecule has 50 heavy (non-hydrogen) atoms. The van der Waals surface area contributed by atoms with Crippen molar-refractivity contribution in [2.75, 3.05) is 33.0 Å². The van der Waals surface area contributed by atoms with Crippen molar-refractivity contribution >= 4 is 13.8 Å². The summed E-state index contributed by atoms with van der Waals surface area (Å²) in [5, 5.41) is 0. The van der Waals surface area contributed by atoms with Crippen LogP contribution in [-0.4, -0.2) is 49.9 Å². The number of unbranched alkanes of at least 4 members (excludes halogenated alkanes) is 20. The maximum Gasteiger partial charge on any atom is 0.472 e. The van der Waals surface area contributed by atoms with Gasteiger partial charge in [0.1, 0.15) is 6.10 Å². The predicted molar refractivity (Wildman–Crippen MR) is 210 cm³/mol. The van der Waals surface area contributed by atoms with Gasteiger partial charge in [-0.3, -0.25) is 13.8 Å². The van der Waals surface area contributed by atoms with Crippen molar-refractivity contribution in [3.63, 3.8) is 0 Å². The Morgan fingerprint density at radius 3 is 1.62 bits per heavy atom. The fraction of sp³-hybridized carbons (Fsp3) is 0.829. The quantitative estimate of drug-likeness (QED) is 0.0278. The molecule has 0 saturated carbocycles. The van der Waals surface area contributed by atoms with E-state index >= 15 is 0 Å². The Kier molecular flexibility index (Phi) is 37.9. The Bertz CT molecular complexity index is 864. The van der Waals surface area contributed by atoms with Gasteiger partial charge in [0.25, 0.3) is 0 Å². The van der Waals surface area contributed by atoms with Gasteiger partial charge >= 0.3 is 13.8 Å². The minimum absolute atomic E-state index is 0.0968. The Hall–Kier alpha value is -1.28. The highest BCUT2D eigenvalue weighted by Gasteiger charge is 2.25. The Morgan fingerprint density at radius 1 is 0.600 bits per heavy atom. The second-order valence-electron chi connectivity index (χ2n) is 13.5. The molecule has 0 aliphatic rings. The molecule has 0 amide bonds. The van der Waals surface area contributed by atoms with E-state index in [0.717, 1.165) is 64.2 Å². The zero-order chi connectivity index (χ0) is 36.6. The molecule has 0 heterocycles. The molecule has 0 saturated heterocycles. The largest absolute Gasteiger partial charge is 0.472 e. The lowest BCUT2D eigenvalue weighted by Gasteiger charge is -2.20. The SMILES string of the molecule is CCCCC/C=C\C/C=C\CCCCCCCCOCC(COP(=O)(O)OCCN)OC(=O)CCCCCCC/C=C\CCCCCCCC. The second kappa shape index (κ2) is 38.9. The summed E-state index contributed by atoms with van der Waals surface area (Å²) < 4.78 is 33.3. The summed E-state index contributed by atoms with van der Waals surface area (Å²) in [5.41, 5.74) is 5.36. The van der Waals surface area contributed by atoms with Crippen LogP contribution in [0.2, 0.25) is 0 Å². The van der Waals surface area contributed by atoms with Crippen LogP contribution in [-0.2, 0) is 27.9 Å². The van der Waals surface area contributed by atoms with Crippen LogP contribution < -0.4 is 5.73 Å². The van der Waals surface area contributed by atoms with Gasteiger partial charge in [-0.1, -0.05) is 140 Å². The van der Waals surface area contributed by atoms with Crippen LogP contribution in [0.25, 0.3) is 0 Å². The number of phosphoric ester groups is 1. The van der Waals surface area contributed by atoms with Gasteiger partial charge in [-0.25, -0.2) is 4.57 Å². The summed E-state index contributed by atoms with van der Waals surface area (Å²) in [4.78, 5) is 22.4. The van der Waals surface area contributed by atoms with Crippen molar-refractivity contribution in [1.82, 2.24) is 0 Å². The average Bonchev–Trinajstić information content (AvgIpc) is 3.10. The van der Waals surface area contributed by atoms with Gasteiger partial charge < -0.3 is 20.1 Å². The molecule has 0 aliphatic carbocycles. The van der Waals surface area contributed by atoms with Crippen LogP contribution in [0, 0.1) is 0 Å². The molecular weight excluding hydrogens is 649 g/mol. The van der Waals surface area contributed by atoms with Crippen LogP contribution in [0.1, 0.15) is 181 Å². The molecule has 3 N–H and O–H groups in total. The van der Waals surface area contributed by atoms with Gasteiger partial charge in [-0.2, -0.15) is 0 Å². The van der Waals surface area contributed by atoms with Gasteiger partial charge in [-0.05, 0) is 70.6 Å². The smallest absolute Gasteiger partial charge is 0.457 e. The summed E-state index contributed by atoms with van der Waals surface area (Å²) in [6.45, 7) is 4.86. The molecule has 2 unspecified atom stereocenters. The van der Waals surface area contributed by atoms with Gasteiger partial charge in [0, 0.05) is 19.6 Å². The summed E-state index contributed by atoms with van der Waals surface area (Å²) >= 11 is 0. The molecule has 0 radical (unpaired) electrons. The first-order valence-corrected chi connectivity index (χ1v) is 22.0. The number of hydrogen-bond donors (Lipinski definition) is 2. The van der Waals surface area contributed by atoms with E-state index in [0.29, 0.717) is 13.0 Å². The van der Waals surface area contributed by atoms with Gasteiger partial charge in [0.05, 0.1) is 19.8 Å². The first kappa shape index (κ1) is 48.7. The second-order valence-corrected chi connectivity index (χ2v) is 14.9. The molecule has 2 atom stereocenters. The first-order chi connectivity index (χ1) is 24.4. The molecular formula is C41H78NO7P. The molecule has 0 bridgehead atoms. The number of ether oxygens (including phenoxy) is 2. The van der Waals surface area contributed by atoms with Crippen LogP contribution in [0.5, 0.6) is 0 Å². The molecule has 0 aromatic heterocycles. The van der Waals surface area contributed by atoms with Crippen LogP contribution in [0.4, 0.5) is 0 Å². The number of esters is 1. The third kappa shape index (κ3) is 38.0. The standard InChI is InChI=1S/C41H78NO7P/c1-3-5-7-9-11-13-15-17-19-21-23-25-27-29-31-33-36-46-38-40(39-48-50(44,45)47-37-35-42)49-41(43)34-32-30-28-26-24-22-20-18-16-14-12-10-8-6-4-2/h11,13,17-20,40H,3-10,12,14-16,21-39,42H2,1-2H3,(H,44,45)/b13-11-,19-17-,20-18-. The minimum atomic E-state index is -4.28. The minimum Gasteiger partial charge on any atom is -0.457 e. The monoisotopic (exact) mass is 728 g/mol. The van der Waals surface area contributed by atoms with Crippen LogP contribution >= 0.6 is 7.82 Å². The lowest BCUT2D eigenvalue weighted by molar-refractivity contribution is -0.154. The van der Waals surface area contributed by atoms with Gasteiger partial charge in [-0.15, -0.1) is 0 Å². The van der Waals surface area contributed by atoms with Gasteiger partial charge in [0.15, 0.2) is 0 Å². The van der Waals surface area contributed by atoms with Crippen molar-refractivity contribution in [3.05, 3.63) is 36.5 Å². The topological polar surface area (TPSA) is 117 Å². The van der Waals surface area contributed by atoms with Crippen molar-refractivity contribution in [3.8, 4) is 0 Å². The van der Waals surface area contributed by atoms with E-state index in [4.69, 9.17) is 24.3 Å². The number of allylic oxidation sites excluding steroid dienone is 6. The molecule has 0 rings (SSSR count). The number of nitrogens with two attached hydrogens (primary N) is 1. The molecule has 0 aliphatic heterocycles. The highest BCUT2D eigenvalue weighted by molar-refractivity contribution is 7.47. The zero-order valence-corrected chi connectivity index (χ0v) is 33.3. The molecule has 9 heteroatoms. The number of carbonyl (C=O) groups is 1. The summed E-state index contributed by atoms with van der Waals surface area (Å²) in [6, 6.07) is 0. The van der Waals surface area contributed by atoms with E-state index < -0.39 is 13.9 Å². The number of phosphoric acid groups is 1. The van der Waals surface area contributed by atoms with E-state index in [1.165, 1.54) is 96.3 Å². The average molecular weight is 728 g/mol. The lowest BCUT2D eigenvalue weighted by atomic mass is 10.1. The van der Waals surface area contributed by atoms with E-state index in [2.05, 4.69) is 50.3 Å². The zero-order valence-electron chi connectivity index (χ0n) is 32.4. The number of rotatable bonds is 39. The van der Waals surface area contributed by atoms with Crippen LogP contribution in [0.3, 0.4) is 0 Å². The Labute approximate surface area is 308 Å². The summed E-state index contributed by atoms with van der Waals surface area (Å²) in [6.07, 6.45) is 42.9. The van der Waals surface area contributed by atoms with E-state index in [-0.39, 0.29) is 32.3 Å². The molecule has 0 aromatic rings. The van der Waals surface area contributed by atoms with E-state index in [9.17, 15) is 14.3 Å². The molecule has 294 valence electrons. The lowest BCUT2D eigenvalue weighted by Crippen LogP contribution is -2.28. The normalized spacial score (nSPS) is 13.9. The van der Waals surface area contributed by atoms with Crippen LogP contribution in [0.15, 0.2) is 36.5 Å². The maximum atomic E-state index is 12.5. The molecule has 0 fully saturated rings. The highest BCUT2D eigenvalue weighted by atomic mass is 31.2. The summed E-state index contributed by atoms with van der Waals surface area (Å²) in [7, 11) is -4.28. The van der Waals surface area contributed by atoms with Crippen molar-refractivity contribution in [2.45, 2.75) is 187 Å². The molecule has 0 spiro atoms. The summed E-state index contributed by atoms with van der Waals surface area (Å²) in [5.74, 6) is -0.343. The number of hydrogen-bond acceptors (Lipinski definition) is 7. The Balaban J connectivity index is 4.09. The third-order valence-electron chi connectivity index (χ3n) is 8.53. The van der Waals surface area contributed by atoms with Crippen molar-refractivity contribution in [1.29, 1.82) is 0 Å². The van der Waals surface area contributed by atoms with E-state index in [1.807, 2.05) is 0 Å².